The number of phenols is 1. The highest BCUT2D eigenvalue weighted by molar-refractivity contribution is 7.90. The average molecular weight is 312 g/mol. The highest BCUT2D eigenvalue weighted by Crippen LogP contribution is 2.29. The second kappa shape index (κ2) is 6.23. The molecule has 5 nitrogen and oxygen atoms in total. The van der Waals surface area contributed by atoms with Gasteiger partial charge in [-0.15, -0.1) is 0 Å². The van der Waals surface area contributed by atoms with Gasteiger partial charge in [-0.1, -0.05) is 13.0 Å². The second-order valence-electron chi connectivity index (χ2n) is 5.75. The molecule has 21 heavy (non-hydrogen) atoms. The van der Waals surface area contributed by atoms with Crippen LogP contribution in [0.25, 0.3) is 0 Å². The van der Waals surface area contributed by atoms with Crippen molar-refractivity contribution in [3.05, 3.63) is 23.8 Å². The first-order valence-corrected chi connectivity index (χ1v) is 8.83. The summed E-state index contributed by atoms with van der Waals surface area (Å²) < 4.78 is 28.7. The van der Waals surface area contributed by atoms with E-state index in [1.807, 2.05) is 13.8 Å². The molecule has 1 heterocycles. The highest BCUT2D eigenvalue weighted by Gasteiger charge is 2.32. The van der Waals surface area contributed by atoms with Crippen molar-refractivity contribution in [3.8, 4) is 5.75 Å². The van der Waals surface area contributed by atoms with E-state index in [-0.39, 0.29) is 5.75 Å². The molecule has 1 aromatic carbocycles. The maximum atomic E-state index is 12.9. The van der Waals surface area contributed by atoms with Crippen molar-refractivity contribution in [3.63, 3.8) is 0 Å². The third kappa shape index (κ3) is 3.32. The van der Waals surface area contributed by atoms with Gasteiger partial charge in [0.15, 0.2) is 0 Å². The van der Waals surface area contributed by atoms with Crippen LogP contribution in [0.4, 0.5) is 5.69 Å². The van der Waals surface area contributed by atoms with E-state index in [1.54, 1.807) is 16.4 Å². The SMILES string of the molecule is CCN(c1cc(O)ccc1C)S(=O)(=O)N1CCCC(C)C1. The molecule has 1 unspecified atom stereocenters. The summed E-state index contributed by atoms with van der Waals surface area (Å²) in [6, 6.07) is 4.83. The van der Waals surface area contributed by atoms with Gasteiger partial charge in [0.2, 0.25) is 0 Å². The fraction of sp³-hybridized carbons (Fsp3) is 0.600. The molecule has 1 aromatic rings. The molecule has 1 saturated heterocycles. The van der Waals surface area contributed by atoms with Gasteiger partial charge in [0.25, 0.3) is 0 Å². The molecule has 118 valence electrons. The van der Waals surface area contributed by atoms with Crippen LogP contribution in [0.3, 0.4) is 0 Å². The number of benzene rings is 1. The van der Waals surface area contributed by atoms with Crippen LogP contribution in [0, 0.1) is 12.8 Å². The number of piperidine rings is 1. The molecule has 0 aliphatic carbocycles. The van der Waals surface area contributed by atoms with E-state index in [1.165, 1.54) is 10.4 Å². The molecule has 1 aliphatic rings. The van der Waals surface area contributed by atoms with E-state index in [0.717, 1.165) is 18.4 Å². The van der Waals surface area contributed by atoms with Gasteiger partial charge in [-0.05, 0) is 44.2 Å². The van der Waals surface area contributed by atoms with Gasteiger partial charge in [0.05, 0.1) is 5.69 Å². The molecule has 1 aliphatic heterocycles. The van der Waals surface area contributed by atoms with Crippen LogP contribution in [-0.4, -0.2) is 37.5 Å². The zero-order valence-electron chi connectivity index (χ0n) is 12.9. The first-order chi connectivity index (χ1) is 9.86. The number of hydrogen-bond donors (Lipinski definition) is 1. The Balaban J connectivity index is 2.37. The predicted octanol–water partition coefficient (Wildman–Crippen LogP) is 2.50. The molecule has 0 spiro atoms. The minimum Gasteiger partial charge on any atom is -0.508 e. The number of hydrogen-bond acceptors (Lipinski definition) is 3. The smallest absolute Gasteiger partial charge is 0.304 e. The zero-order chi connectivity index (χ0) is 15.6. The van der Waals surface area contributed by atoms with Crippen LogP contribution in [0.5, 0.6) is 5.75 Å². The number of nitrogens with zero attached hydrogens (tertiary/aromatic N) is 2. The van der Waals surface area contributed by atoms with E-state index < -0.39 is 10.2 Å². The van der Waals surface area contributed by atoms with Gasteiger partial charge in [-0.2, -0.15) is 12.7 Å². The zero-order valence-corrected chi connectivity index (χ0v) is 13.7. The van der Waals surface area contributed by atoms with Gasteiger partial charge < -0.3 is 5.11 Å². The molecule has 0 bridgehead atoms. The van der Waals surface area contributed by atoms with Crippen molar-refractivity contribution >= 4 is 15.9 Å². The molecular formula is C15H24N2O3S. The lowest BCUT2D eigenvalue weighted by atomic mass is 10.0. The Morgan fingerprint density at radius 3 is 2.76 bits per heavy atom. The quantitative estimate of drug-likeness (QED) is 0.929. The monoisotopic (exact) mass is 312 g/mol. The molecular weight excluding hydrogens is 288 g/mol. The Morgan fingerprint density at radius 2 is 2.14 bits per heavy atom. The Hall–Kier alpha value is -1.27. The van der Waals surface area contributed by atoms with Crippen molar-refractivity contribution in [2.45, 2.75) is 33.6 Å². The summed E-state index contributed by atoms with van der Waals surface area (Å²) in [6.07, 6.45) is 1.97. The van der Waals surface area contributed by atoms with Crippen LogP contribution < -0.4 is 4.31 Å². The Labute approximate surface area is 127 Å². The fourth-order valence-electron chi connectivity index (χ4n) is 2.82. The molecule has 1 fully saturated rings. The van der Waals surface area contributed by atoms with Gasteiger partial charge in [0, 0.05) is 25.7 Å². The maximum absolute atomic E-state index is 12.9. The number of aromatic hydroxyl groups is 1. The predicted molar refractivity (Wildman–Crippen MR) is 84.8 cm³/mol. The molecule has 0 radical (unpaired) electrons. The standard InChI is InChI=1S/C15H24N2O3S/c1-4-17(15-10-14(18)8-7-13(15)3)21(19,20)16-9-5-6-12(2)11-16/h7-8,10,12,18H,4-6,9,11H2,1-3H3. The van der Waals surface area contributed by atoms with E-state index in [0.29, 0.717) is 31.2 Å². The molecule has 1 N–H and O–H groups in total. The van der Waals surface area contributed by atoms with E-state index in [4.69, 9.17) is 0 Å². The third-order valence-electron chi connectivity index (χ3n) is 3.97. The van der Waals surface area contributed by atoms with Gasteiger partial charge >= 0.3 is 10.2 Å². The number of phenolic OH excluding ortho intramolecular Hbond substituents is 1. The lowest BCUT2D eigenvalue weighted by molar-refractivity contribution is 0.280. The number of aryl methyl sites for hydroxylation is 1. The summed E-state index contributed by atoms with van der Waals surface area (Å²) in [5.41, 5.74) is 1.39. The highest BCUT2D eigenvalue weighted by atomic mass is 32.2. The number of anilines is 1. The Morgan fingerprint density at radius 1 is 1.43 bits per heavy atom. The summed E-state index contributed by atoms with van der Waals surface area (Å²) >= 11 is 0. The average Bonchev–Trinajstić information content (AvgIpc) is 2.43. The van der Waals surface area contributed by atoms with Crippen molar-refractivity contribution in [1.82, 2.24) is 4.31 Å². The van der Waals surface area contributed by atoms with E-state index in [2.05, 4.69) is 6.92 Å². The summed E-state index contributed by atoms with van der Waals surface area (Å²) in [6.45, 7) is 7.23. The van der Waals surface area contributed by atoms with Crippen molar-refractivity contribution in [2.24, 2.45) is 5.92 Å². The van der Waals surface area contributed by atoms with Gasteiger partial charge in [-0.3, -0.25) is 4.31 Å². The van der Waals surface area contributed by atoms with Crippen LogP contribution >= 0.6 is 0 Å². The van der Waals surface area contributed by atoms with Crippen molar-refractivity contribution in [2.75, 3.05) is 23.9 Å². The van der Waals surface area contributed by atoms with Gasteiger partial charge in [0.1, 0.15) is 5.75 Å². The van der Waals surface area contributed by atoms with Crippen LogP contribution in [0.1, 0.15) is 32.3 Å². The largest absolute Gasteiger partial charge is 0.508 e. The van der Waals surface area contributed by atoms with Crippen molar-refractivity contribution < 1.29 is 13.5 Å². The lowest BCUT2D eigenvalue weighted by Gasteiger charge is -2.35. The molecule has 0 aromatic heterocycles. The van der Waals surface area contributed by atoms with Gasteiger partial charge in [-0.25, -0.2) is 0 Å². The first kappa shape index (κ1) is 16.1. The lowest BCUT2D eigenvalue weighted by Crippen LogP contribution is -2.48. The normalized spacial score (nSPS) is 20.4. The molecule has 2 rings (SSSR count). The van der Waals surface area contributed by atoms with E-state index in [9.17, 15) is 13.5 Å². The molecule has 1 atom stereocenters. The maximum Gasteiger partial charge on any atom is 0.304 e. The molecule has 6 heteroatoms. The minimum atomic E-state index is -3.54. The topological polar surface area (TPSA) is 60.9 Å². The van der Waals surface area contributed by atoms with Crippen LogP contribution in [0.15, 0.2) is 18.2 Å². The van der Waals surface area contributed by atoms with Crippen molar-refractivity contribution in [1.29, 1.82) is 0 Å². The molecule has 0 amide bonds. The summed E-state index contributed by atoms with van der Waals surface area (Å²) in [5, 5.41) is 9.66. The Kier molecular flexibility index (Phi) is 4.78. The Bertz CT molecular complexity index is 601. The summed E-state index contributed by atoms with van der Waals surface area (Å²) in [7, 11) is -3.54. The fourth-order valence-corrected chi connectivity index (χ4v) is 4.67. The summed E-state index contributed by atoms with van der Waals surface area (Å²) in [5.74, 6) is 0.466. The number of rotatable bonds is 4. The third-order valence-corrected chi connectivity index (χ3v) is 5.97. The van der Waals surface area contributed by atoms with E-state index >= 15 is 0 Å². The summed E-state index contributed by atoms with van der Waals surface area (Å²) in [4.78, 5) is 0. The van der Waals surface area contributed by atoms with Crippen LogP contribution in [0.2, 0.25) is 0 Å². The first-order valence-electron chi connectivity index (χ1n) is 7.43. The van der Waals surface area contributed by atoms with Crippen LogP contribution in [-0.2, 0) is 10.2 Å². The minimum absolute atomic E-state index is 0.0799. The second-order valence-corrected chi connectivity index (χ2v) is 7.60. The molecule has 0 saturated carbocycles.